The van der Waals surface area contributed by atoms with E-state index in [2.05, 4.69) is 10.1 Å². The maximum absolute atomic E-state index is 11.0. The molecule has 6 nitrogen and oxygen atoms in total. The van der Waals surface area contributed by atoms with Gasteiger partial charge in [0.05, 0.1) is 13.3 Å². The Morgan fingerprint density at radius 2 is 2.43 bits per heavy atom. The van der Waals surface area contributed by atoms with Gasteiger partial charge >= 0.3 is 0 Å². The molecular formula is C8H8N4O2. The topological polar surface area (TPSA) is 82.5 Å². The normalized spacial score (nSPS) is 10.4. The van der Waals surface area contributed by atoms with E-state index in [1.54, 1.807) is 12.4 Å². The summed E-state index contributed by atoms with van der Waals surface area (Å²) in [4.78, 5) is 15.0. The molecule has 2 aromatic heterocycles. The Balaban J connectivity index is 2.78. The quantitative estimate of drug-likeness (QED) is 0.716. The third-order valence-corrected chi connectivity index (χ3v) is 1.85. The van der Waals surface area contributed by atoms with Crippen molar-refractivity contribution in [2.45, 2.75) is 0 Å². The van der Waals surface area contributed by atoms with Crippen LogP contribution in [0.4, 0.5) is 0 Å². The largest absolute Gasteiger partial charge is 0.492 e. The van der Waals surface area contributed by atoms with Gasteiger partial charge in [-0.15, -0.1) is 0 Å². The fourth-order valence-corrected chi connectivity index (χ4v) is 1.23. The van der Waals surface area contributed by atoms with E-state index in [0.717, 1.165) is 0 Å². The summed E-state index contributed by atoms with van der Waals surface area (Å²) in [7, 11) is 1.45. The van der Waals surface area contributed by atoms with Crippen molar-refractivity contribution in [3.63, 3.8) is 0 Å². The van der Waals surface area contributed by atoms with E-state index in [1.807, 2.05) is 0 Å². The predicted molar refractivity (Wildman–Crippen MR) is 48.1 cm³/mol. The zero-order chi connectivity index (χ0) is 10.1. The lowest BCUT2D eigenvalue weighted by atomic mass is 10.2. The number of hydrogen-bond acceptors (Lipinski definition) is 4. The fourth-order valence-electron chi connectivity index (χ4n) is 1.23. The number of imidazole rings is 1. The van der Waals surface area contributed by atoms with Crippen molar-refractivity contribution in [1.29, 1.82) is 0 Å². The molecule has 2 aromatic rings. The molecule has 0 bridgehead atoms. The highest BCUT2D eigenvalue weighted by Crippen LogP contribution is 2.21. The number of nitrogens with zero attached hydrogens (tertiary/aromatic N) is 3. The minimum atomic E-state index is -0.583. The van der Waals surface area contributed by atoms with Gasteiger partial charge in [-0.2, -0.15) is 5.10 Å². The summed E-state index contributed by atoms with van der Waals surface area (Å²) in [6, 6.07) is 0. The second kappa shape index (κ2) is 2.99. The van der Waals surface area contributed by atoms with E-state index in [-0.39, 0.29) is 5.56 Å². The summed E-state index contributed by atoms with van der Waals surface area (Å²) in [5.74, 6) is -0.239. The van der Waals surface area contributed by atoms with Crippen LogP contribution in [0.1, 0.15) is 10.4 Å². The molecule has 0 radical (unpaired) electrons. The van der Waals surface area contributed by atoms with Gasteiger partial charge < -0.3 is 10.5 Å². The molecule has 0 spiro atoms. The number of carbonyl (C=O) groups is 1. The predicted octanol–water partition coefficient (Wildman–Crippen LogP) is -0.163. The summed E-state index contributed by atoms with van der Waals surface area (Å²) in [5.41, 5.74) is 5.86. The Labute approximate surface area is 79.3 Å². The molecule has 0 aliphatic rings. The second-order valence-electron chi connectivity index (χ2n) is 2.65. The van der Waals surface area contributed by atoms with Crippen molar-refractivity contribution in [1.82, 2.24) is 14.6 Å². The molecule has 0 aliphatic heterocycles. The van der Waals surface area contributed by atoms with E-state index in [1.165, 1.54) is 17.8 Å². The first-order chi connectivity index (χ1) is 6.74. The first-order valence-electron chi connectivity index (χ1n) is 3.90. The third-order valence-electron chi connectivity index (χ3n) is 1.85. The van der Waals surface area contributed by atoms with Crippen LogP contribution in [-0.2, 0) is 0 Å². The molecule has 0 saturated heterocycles. The number of methoxy groups -OCH3 is 1. The maximum Gasteiger partial charge on any atom is 0.254 e. The van der Waals surface area contributed by atoms with Crippen LogP contribution in [0.25, 0.3) is 5.65 Å². The van der Waals surface area contributed by atoms with Gasteiger partial charge in [0.15, 0.2) is 11.4 Å². The number of fused-ring (bicyclic) bond motifs is 1. The van der Waals surface area contributed by atoms with Crippen LogP contribution >= 0.6 is 0 Å². The Morgan fingerprint density at radius 3 is 3.07 bits per heavy atom. The fraction of sp³-hybridized carbons (Fsp3) is 0.125. The van der Waals surface area contributed by atoms with E-state index in [4.69, 9.17) is 10.5 Å². The molecule has 0 atom stereocenters. The van der Waals surface area contributed by atoms with Crippen LogP contribution < -0.4 is 10.5 Å². The molecule has 72 valence electrons. The molecule has 0 unspecified atom stereocenters. The Kier molecular flexibility index (Phi) is 1.81. The summed E-state index contributed by atoms with van der Waals surface area (Å²) < 4.78 is 6.56. The van der Waals surface area contributed by atoms with E-state index < -0.39 is 5.91 Å². The van der Waals surface area contributed by atoms with Gasteiger partial charge in [-0.25, -0.2) is 9.50 Å². The van der Waals surface area contributed by atoms with Crippen LogP contribution in [0.3, 0.4) is 0 Å². The van der Waals surface area contributed by atoms with E-state index in [0.29, 0.717) is 11.4 Å². The summed E-state index contributed by atoms with van der Waals surface area (Å²) in [6.07, 6.45) is 4.58. The maximum atomic E-state index is 11.0. The van der Waals surface area contributed by atoms with Gasteiger partial charge in [-0.05, 0) is 0 Å². The zero-order valence-corrected chi connectivity index (χ0v) is 7.47. The molecule has 6 heteroatoms. The van der Waals surface area contributed by atoms with Gasteiger partial charge in [-0.3, -0.25) is 4.79 Å². The number of primary amides is 1. The molecule has 14 heavy (non-hydrogen) atoms. The lowest BCUT2D eigenvalue weighted by Crippen LogP contribution is -2.14. The number of ether oxygens (including phenoxy) is 1. The molecule has 0 aliphatic carbocycles. The third kappa shape index (κ3) is 1.08. The van der Waals surface area contributed by atoms with E-state index in [9.17, 15) is 4.79 Å². The van der Waals surface area contributed by atoms with Crippen molar-refractivity contribution in [2.24, 2.45) is 5.73 Å². The molecule has 0 aromatic carbocycles. The number of carbonyl (C=O) groups excluding carboxylic acids is 1. The Bertz CT molecular complexity index is 491. The number of hydrogen-bond donors (Lipinski definition) is 1. The van der Waals surface area contributed by atoms with Gasteiger partial charge in [-0.1, -0.05) is 0 Å². The standard InChI is InChI=1S/C8H8N4O2/c1-14-6-5(7(9)13)4-11-12-3-2-10-8(6)12/h2-4H,1H3,(H2,9,13). The van der Waals surface area contributed by atoms with Crippen molar-refractivity contribution in [3.8, 4) is 5.75 Å². The molecule has 0 fully saturated rings. The number of nitrogens with two attached hydrogens (primary N) is 1. The number of amides is 1. The molecule has 0 saturated carbocycles. The lowest BCUT2D eigenvalue weighted by molar-refractivity contribution is 0.0997. The lowest BCUT2D eigenvalue weighted by Gasteiger charge is -2.05. The number of aromatic nitrogens is 3. The molecule has 2 rings (SSSR count). The summed E-state index contributed by atoms with van der Waals surface area (Å²) in [5, 5.41) is 3.94. The average molecular weight is 192 g/mol. The minimum Gasteiger partial charge on any atom is -0.492 e. The van der Waals surface area contributed by atoms with E-state index >= 15 is 0 Å². The molecule has 2 heterocycles. The minimum absolute atomic E-state index is 0.228. The van der Waals surface area contributed by atoms with Crippen LogP contribution in [0.5, 0.6) is 5.75 Å². The summed E-state index contributed by atoms with van der Waals surface area (Å²) >= 11 is 0. The molecular weight excluding hydrogens is 184 g/mol. The first-order valence-corrected chi connectivity index (χ1v) is 3.90. The van der Waals surface area contributed by atoms with Gasteiger partial charge in [0.25, 0.3) is 5.91 Å². The highest BCUT2D eigenvalue weighted by atomic mass is 16.5. The summed E-state index contributed by atoms with van der Waals surface area (Å²) in [6.45, 7) is 0. The van der Waals surface area contributed by atoms with Gasteiger partial charge in [0.2, 0.25) is 0 Å². The average Bonchev–Trinajstić information content (AvgIpc) is 2.63. The van der Waals surface area contributed by atoms with Crippen LogP contribution in [0.15, 0.2) is 18.6 Å². The second-order valence-corrected chi connectivity index (χ2v) is 2.65. The Hall–Kier alpha value is -2.11. The zero-order valence-electron chi connectivity index (χ0n) is 7.47. The van der Waals surface area contributed by atoms with Gasteiger partial charge in [0, 0.05) is 12.4 Å². The van der Waals surface area contributed by atoms with Crippen LogP contribution in [-0.4, -0.2) is 27.6 Å². The van der Waals surface area contributed by atoms with Crippen LogP contribution in [0, 0.1) is 0 Å². The van der Waals surface area contributed by atoms with Crippen molar-refractivity contribution in [2.75, 3.05) is 7.11 Å². The smallest absolute Gasteiger partial charge is 0.254 e. The highest BCUT2D eigenvalue weighted by Gasteiger charge is 2.14. The van der Waals surface area contributed by atoms with Crippen LogP contribution in [0.2, 0.25) is 0 Å². The molecule has 1 amide bonds. The highest BCUT2D eigenvalue weighted by molar-refractivity contribution is 5.97. The molecule has 2 N–H and O–H groups in total. The van der Waals surface area contributed by atoms with Gasteiger partial charge in [0.1, 0.15) is 5.56 Å². The first kappa shape index (κ1) is 8.49. The van der Waals surface area contributed by atoms with Crippen molar-refractivity contribution < 1.29 is 9.53 Å². The SMILES string of the molecule is COc1c(C(N)=O)cnn2ccnc12. The number of rotatable bonds is 2. The van der Waals surface area contributed by atoms with Crippen molar-refractivity contribution in [3.05, 3.63) is 24.2 Å². The Morgan fingerprint density at radius 1 is 1.64 bits per heavy atom. The monoisotopic (exact) mass is 192 g/mol. The van der Waals surface area contributed by atoms with Crippen molar-refractivity contribution >= 4 is 11.6 Å².